The van der Waals surface area contributed by atoms with Crippen molar-refractivity contribution >= 4 is 35.0 Å². The van der Waals surface area contributed by atoms with E-state index in [-0.39, 0.29) is 19.1 Å². The molecule has 0 bridgehead atoms. The van der Waals surface area contributed by atoms with Crippen molar-refractivity contribution < 1.29 is 18.7 Å². The quantitative estimate of drug-likeness (QED) is 0.522. The van der Waals surface area contributed by atoms with E-state index in [0.717, 1.165) is 12.8 Å². The Kier molecular flexibility index (Phi) is 9.40. The molecular weight excluding hydrogens is 430 g/mol. The van der Waals surface area contributed by atoms with Crippen molar-refractivity contribution in [3.05, 3.63) is 63.9 Å². The van der Waals surface area contributed by atoms with Crippen LogP contribution in [0.25, 0.3) is 0 Å². The van der Waals surface area contributed by atoms with Crippen LogP contribution < -0.4 is 10.1 Å². The van der Waals surface area contributed by atoms with Crippen molar-refractivity contribution in [2.24, 2.45) is 0 Å². The summed E-state index contributed by atoms with van der Waals surface area (Å²) in [7, 11) is 0. The fourth-order valence-electron chi connectivity index (χ4n) is 2.73. The van der Waals surface area contributed by atoms with Gasteiger partial charge >= 0.3 is 0 Å². The van der Waals surface area contributed by atoms with Crippen LogP contribution in [0.3, 0.4) is 0 Å². The predicted molar refractivity (Wildman–Crippen MR) is 116 cm³/mol. The Morgan fingerprint density at radius 3 is 2.37 bits per heavy atom. The van der Waals surface area contributed by atoms with Crippen LogP contribution in [0.5, 0.6) is 5.75 Å². The SMILES string of the molecule is CCCCNC(=O)[C@H](C)N(Cc1c(Cl)cccc1Cl)C(=O)COc1ccc(F)cc1. The fourth-order valence-corrected chi connectivity index (χ4v) is 3.25. The number of hydrogen-bond acceptors (Lipinski definition) is 3. The molecule has 8 heteroatoms. The van der Waals surface area contributed by atoms with E-state index in [4.69, 9.17) is 27.9 Å². The molecule has 0 radical (unpaired) electrons. The van der Waals surface area contributed by atoms with Crippen LogP contribution in [0.4, 0.5) is 4.39 Å². The predicted octanol–water partition coefficient (Wildman–Crippen LogP) is 4.84. The molecule has 0 aliphatic carbocycles. The van der Waals surface area contributed by atoms with Crippen LogP contribution in [-0.2, 0) is 16.1 Å². The molecule has 5 nitrogen and oxygen atoms in total. The first-order chi connectivity index (χ1) is 14.3. The Hall–Kier alpha value is -2.31. The molecule has 30 heavy (non-hydrogen) atoms. The van der Waals surface area contributed by atoms with E-state index >= 15 is 0 Å². The number of ether oxygens (including phenoxy) is 1. The second-order valence-corrected chi connectivity index (χ2v) is 7.60. The van der Waals surface area contributed by atoms with Crippen molar-refractivity contribution in [2.45, 2.75) is 39.3 Å². The summed E-state index contributed by atoms with van der Waals surface area (Å²) in [5.74, 6) is -0.753. The van der Waals surface area contributed by atoms with E-state index in [1.807, 2.05) is 6.92 Å². The Balaban J connectivity index is 2.17. The van der Waals surface area contributed by atoms with Gasteiger partial charge < -0.3 is 15.0 Å². The molecular formula is C22H25Cl2FN2O3. The molecule has 2 rings (SSSR count). The summed E-state index contributed by atoms with van der Waals surface area (Å²) >= 11 is 12.5. The van der Waals surface area contributed by atoms with E-state index < -0.39 is 17.8 Å². The van der Waals surface area contributed by atoms with Gasteiger partial charge in [-0.3, -0.25) is 9.59 Å². The standard InChI is InChI=1S/C22H25Cl2FN2O3/c1-3-4-12-26-22(29)15(2)27(13-18-19(23)6-5-7-20(18)24)21(28)14-30-17-10-8-16(25)9-11-17/h5-11,15H,3-4,12-14H2,1-2H3,(H,26,29)/t15-/m0/s1. The summed E-state index contributed by atoms with van der Waals surface area (Å²) in [5, 5.41) is 3.63. The van der Waals surface area contributed by atoms with Crippen LogP contribution in [0.1, 0.15) is 32.3 Å². The van der Waals surface area contributed by atoms with Gasteiger partial charge in [-0.25, -0.2) is 4.39 Å². The van der Waals surface area contributed by atoms with Crippen LogP contribution >= 0.6 is 23.2 Å². The third-order valence-corrected chi connectivity index (χ3v) is 5.27. The first-order valence-electron chi connectivity index (χ1n) is 9.72. The zero-order valence-corrected chi connectivity index (χ0v) is 18.5. The number of benzene rings is 2. The van der Waals surface area contributed by atoms with E-state index in [9.17, 15) is 14.0 Å². The number of unbranched alkanes of at least 4 members (excludes halogenated alkanes) is 1. The van der Waals surface area contributed by atoms with Gasteiger partial charge in [0.15, 0.2) is 6.61 Å². The maximum Gasteiger partial charge on any atom is 0.261 e. The number of rotatable bonds is 10. The third-order valence-electron chi connectivity index (χ3n) is 4.56. The summed E-state index contributed by atoms with van der Waals surface area (Å²) < 4.78 is 18.5. The highest BCUT2D eigenvalue weighted by Gasteiger charge is 2.27. The van der Waals surface area contributed by atoms with Gasteiger partial charge in [0.25, 0.3) is 5.91 Å². The zero-order valence-electron chi connectivity index (χ0n) is 17.0. The number of amides is 2. The second kappa shape index (κ2) is 11.8. The van der Waals surface area contributed by atoms with E-state index in [1.54, 1.807) is 25.1 Å². The number of carbonyl (C=O) groups is 2. The fraction of sp³-hybridized carbons (Fsp3) is 0.364. The summed E-state index contributed by atoms with van der Waals surface area (Å²) in [6, 6.07) is 9.63. The topological polar surface area (TPSA) is 58.6 Å². The number of hydrogen-bond donors (Lipinski definition) is 1. The van der Waals surface area contributed by atoms with Gasteiger partial charge in [0.1, 0.15) is 17.6 Å². The minimum atomic E-state index is -0.765. The summed E-state index contributed by atoms with van der Waals surface area (Å²) in [4.78, 5) is 26.9. The molecule has 0 unspecified atom stereocenters. The first-order valence-corrected chi connectivity index (χ1v) is 10.5. The van der Waals surface area contributed by atoms with Crippen LogP contribution in [-0.4, -0.2) is 35.9 Å². The van der Waals surface area contributed by atoms with Gasteiger partial charge in [0.05, 0.1) is 0 Å². The first kappa shape index (κ1) is 24.0. The van der Waals surface area contributed by atoms with E-state index in [1.165, 1.54) is 29.2 Å². The van der Waals surface area contributed by atoms with Crippen molar-refractivity contribution in [1.82, 2.24) is 10.2 Å². The average molecular weight is 455 g/mol. The van der Waals surface area contributed by atoms with E-state index in [0.29, 0.717) is 27.9 Å². The lowest BCUT2D eigenvalue weighted by Crippen LogP contribution is -2.49. The van der Waals surface area contributed by atoms with Gasteiger partial charge in [-0.15, -0.1) is 0 Å². The molecule has 1 N–H and O–H groups in total. The zero-order chi connectivity index (χ0) is 22.1. The van der Waals surface area contributed by atoms with Gasteiger partial charge in [0, 0.05) is 28.7 Å². The second-order valence-electron chi connectivity index (χ2n) is 6.79. The van der Waals surface area contributed by atoms with Crippen molar-refractivity contribution in [1.29, 1.82) is 0 Å². The lowest BCUT2D eigenvalue weighted by molar-refractivity contribution is -0.142. The molecule has 0 spiro atoms. The number of nitrogens with one attached hydrogen (secondary N) is 1. The summed E-state index contributed by atoms with van der Waals surface area (Å²) in [6.07, 6.45) is 1.79. The van der Waals surface area contributed by atoms with Crippen LogP contribution in [0.2, 0.25) is 10.0 Å². The van der Waals surface area contributed by atoms with Gasteiger partial charge in [-0.05, 0) is 49.7 Å². The normalized spacial score (nSPS) is 11.6. The van der Waals surface area contributed by atoms with Crippen molar-refractivity contribution in [3.63, 3.8) is 0 Å². The highest BCUT2D eigenvalue weighted by Crippen LogP contribution is 2.26. The Bertz CT molecular complexity index is 842. The lowest BCUT2D eigenvalue weighted by Gasteiger charge is -2.29. The maximum atomic E-state index is 13.1. The molecule has 0 heterocycles. The molecule has 0 saturated carbocycles. The van der Waals surface area contributed by atoms with Crippen LogP contribution in [0, 0.1) is 5.82 Å². The smallest absolute Gasteiger partial charge is 0.261 e. The summed E-state index contributed by atoms with van der Waals surface area (Å²) in [6.45, 7) is 3.92. The van der Waals surface area contributed by atoms with E-state index in [2.05, 4.69) is 5.32 Å². The maximum absolute atomic E-state index is 13.1. The molecule has 0 aromatic heterocycles. The van der Waals surface area contributed by atoms with Crippen molar-refractivity contribution in [2.75, 3.05) is 13.2 Å². The minimum Gasteiger partial charge on any atom is -0.484 e. The molecule has 0 aliphatic heterocycles. The average Bonchev–Trinajstić information content (AvgIpc) is 2.72. The molecule has 2 amide bonds. The molecule has 2 aromatic rings. The minimum absolute atomic E-state index is 0.0481. The summed E-state index contributed by atoms with van der Waals surface area (Å²) in [5.41, 5.74) is 0.546. The van der Waals surface area contributed by atoms with Gasteiger partial charge in [-0.2, -0.15) is 0 Å². The number of nitrogens with zero attached hydrogens (tertiary/aromatic N) is 1. The largest absolute Gasteiger partial charge is 0.484 e. The molecule has 0 saturated heterocycles. The third kappa shape index (κ3) is 6.89. The number of carbonyl (C=O) groups excluding carboxylic acids is 2. The van der Waals surface area contributed by atoms with Crippen LogP contribution in [0.15, 0.2) is 42.5 Å². The lowest BCUT2D eigenvalue weighted by atomic mass is 10.1. The molecule has 0 fully saturated rings. The van der Waals surface area contributed by atoms with Gasteiger partial charge in [0.2, 0.25) is 5.91 Å². The molecule has 0 aliphatic rings. The monoisotopic (exact) mass is 454 g/mol. The Morgan fingerprint density at radius 1 is 1.13 bits per heavy atom. The Labute approximate surface area is 186 Å². The van der Waals surface area contributed by atoms with Gasteiger partial charge in [-0.1, -0.05) is 42.6 Å². The van der Waals surface area contributed by atoms with Crippen molar-refractivity contribution in [3.8, 4) is 5.75 Å². The highest BCUT2D eigenvalue weighted by molar-refractivity contribution is 6.36. The number of halogens is 3. The molecule has 162 valence electrons. The Morgan fingerprint density at radius 2 is 1.77 bits per heavy atom. The molecule has 1 atom stereocenters. The highest BCUT2D eigenvalue weighted by atomic mass is 35.5. The molecule has 2 aromatic carbocycles.